The van der Waals surface area contributed by atoms with Crippen molar-refractivity contribution in [3.8, 4) is 11.5 Å². The Morgan fingerprint density at radius 2 is 1.95 bits per heavy atom. The molecule has 0 aliphatic rings. The molecule has 0 aliphatic heterocycles. The van der Waals surface area contributed by atoms with Gasteiger partial charge in [-0.05, 0) is 12.1 Å². The molecule has 19 heavy (non-hydrogen) atoms. The molecule has 94 valence electrons. The van der Waals surface area contributed by atoms with E-state index in [4.69, 9.17) is 10.5 Å². The maximum absolute atomic E-state index is 11.5. The van der Waals surface area contributed by atoms with E-state index in [1.807, 2.05) is 30.3 Å². The zero-order valence-corrected chi connectivity index (χ0v) is 9.83. The third kappa shape index (κ3) is 2.11. The number of aromatic amines is 1. The topological polar surface area (TPSA) is 93.9 Å². The first kappa shape index (κ1) is 11.2. The molecular formula is C13H10N4O2. The molecule has 0 radical (unpaired) electrons. The van der Waals surface area contributed by atoms with Crippen LogP contribution < -0.4 is 16.0 Å². The zero-order valence-electron chi connectivity index (χ0n) is 9.83. The quantitative estimate of drug-likeness (QED) is 0.725. The van der Waals surface area contributed by atoms with E-state index in [0.717, 1.165) is 0 Å². The minimum atomic E-state index is -0.460. The first-order valence-corrected chi connectivity index (χ1v) is 5.61. The van der Waals surface area contributed by atoms with Crippen LogP contribution in [0.4, 0.5) is 5.82 Å². The highest BCUT2D eigenvalue weighted by atomic mass is 16.5. The predicted octanol–water partition coefficient (Wildman–Crippen LogP) is 1.69. The van der Waals surface area contributed by atoms with Crippen LogP contribution in [0.15, 0.2) is 47.4 Å². The third-order valence-electron chi connectivity index (χ3n) is 2.56. The largest absolute Gasteiger partial charge is 0.455 e. The molecule has 6 heteroatoms. The van der Waals surface area contributed by atoms with Gasteiger partial charge in [0.1, 0.15) is 11.3 Å². The van der Waals surface area contributed by atoms with Gasteiger partial charge in [0.2, 0.25) is 0 Å². The van der Waals surface area contributed by atoms with Crippen LogP contribution in [0.5, 0.6) is 11.5 Å². The Bertz CT molecular complexity index is 784. The molecule has 0 aliphatic carbocycles. The number of anilines is 1. The van der Waals surface area contributed by atoms with E-state index >= 15 is 0 Å². The monoisotopic (exact) mass is 254 g/mol. The normalized spacial score (nSPS) is 10.5. The standard InChI is InChI=1S/C13H10N4O2/c14-11-13(18)16-10-9(6-7-15-12(10)17-11)19-8-4-2-1-3-5-8/h1-7H,(H,16,18)(H2,14,15,17). The van der Waals surface area contributed by atoms with Gasteiger partial charge < -0.3 is 15.5 Å². The molecule has 1 aromatic carbocycles. The summed E-state index contributed by atoms with van der Waals surface area (Å²) in [6.45, 7) is 0. The van der Waals surface area contributed by atoms with E-state index in [1.54, 1.807) is 12.3 Å². The molecule has 0 unspecified atom stereocenters. The second-order valence-electron chi connectivity index (χ2n) is 3.87. The average Bonchev–Trinajstić information content (AvgIpc) is 2.42. The Labute approximate surface area is 107 Å². The van der Waals surface area contributed by atoms with Crippen LogP contribution >= 0.6 is 0 Å². The Morgan fingerprint density at radius 1 is 1.16 bits per heavy atom. The fourth-order valence-electron chi connectivity index (χ4n) is 1.68. The summed E-state index contributed by atoms with van der Waals surface area (Å²) in [6.07, 6.45) is 1.55. The van der Waals surface area contributed by atoms with Crippen molar-refractivity contribution >= 4 is 17.0 Å². The van der Waals surface area contributed by atoms with E-state index in [9.17, 15) is 4.79 Å². The highest BCUT2D eigenvalue weighted by molar-refractivity contribution is 5.78. The summed E-state index contributed by atoms with van der Waals surface area (Å²) < 4.78 is 5.70. The van der Waals surface area contributed by atoms with Crippen LogP contribution in [0.1, 0.15) is 0 Å². The summed E-state index contributed by atoms with van der Waals surface area (Å²) in [5, 5.41) is 0. The van der Waals surface area contributed by atoms with E-state index in [1.165, 1.54) is 0 Å². The van der Waals surface area contributed by atoms with Crippen molar-refractivity contribution in [1.82, 2.24) is 15.0 Å². The fourth-order valence-corrected chi connectivity index (χ4v) is 1.68. The molecular weight excluding hydrogens is 244 g/mol. The summed E-state index contributed by atoms with van der Waals surface area (Å²) in [4.78, 5) is 22.1. The minimum absolute atomic E-state index is 0.114. The van der Waals surface area contributed by atoms with E-state index in [2.05, 4.69) is 15.0 Å². The smallest absolute Gasteiger partial charge is 0.291 e. The molecule has 0 amide bonds. The van der Waals surface area contributed by atoms with Gasteiger partial charge in [0.25, 0.3) is 5.56 Å². The van der Waals surface area contributed by atoms with Crippen molar-refractivity contribution in [2.75, 3.05) is 5.73 Å². The lowest BCUT2D eigenvalue weighted by molar-refractivity contribution is 0.486. The number of aromatic nitrogens is 3. The molecule has 0 spiro atoms. The Hall–Kier alpha value is -2.89. The number of nitrogens with two attached hydrogens (primary N) is 1. The SMILES string of the molecule is Nc1nc2nccc(Oc3ccccc3)c2[nH]c1=O. The van der Waals surface area contributed by atoms with E-state index < -0.39 is 5.56 Å². The molecule has 3 N–H and O–H groups in total. The van der Waals surface area contributed by atoms with Crippen molar-refractivity contribution in [2.24, 2.45) is 0 Å². The van der Waals surface area contributed by atoms with Crippen LogP contribution in [0, 0.1) is 0 Å². The fraction of sp³-hybridized carbons (Fsp3) is 0. The molecule has 0 saturated heterocycles. The lowest BCUT2D eigenvalue weighted by Crippen LogP contribution is -2.14. The second kappa shape index (κ2) is 4.41. The number of hydrogen-bond donors (Lipinski definition) is 2. The van der Waals surface area contributed by atoms with Gasteiger partial charge in [-0.15, -0.1) is 0 Å². The van der Waals surface area contributed by atoms with Crippen LogP contribution in [0.2, 0.25) is 0 Å². The summed E-state index contributed by atoms with van der Waals surface area (Å²) in [7, 11) is 0. The van der Waals surface area contributed by atoms with Gasteiger partial charge in [0, 0.05) is 12.3 Å². The molecule has 0 fully saturated rings. The number of H-pyrrole nitrogens is 1. The average molecular weight is 254 g/mol. The Morgan fingerprint density at radius 3 is 2.74 bits per heavy atom. The number of fused-ring (bicyclic) bond motifs is 1. The summed E-state index contributed by atoms with van der Waals surface area (Å²) >= 11 is 0. The van der Waals surface area contributed by atoms with E-state index in [0.29, 0.717) is 22.7 Å². The van der Waals surface area contributed by atoms with Crippen LogP contribution in [-0.4, -0.2) is 15.0 Å². The maximum atomic E-state index is 11.5. The number of hydrogen-bond acceptors (Lipinski definition) is 5. The number of para-hydroxylation sites is 1. The van der Waals surface area contributed by atoms with Gasteiger partial charge in [-0.25, -0.2) is 9.97 Å². The Kier molecular flexibility index (Phi) is 2.60. The van der Waals surface area contributed by atoms with Crippen molar-refractivity contribution in [3.05, 3.63) is 52.9 Å². The van der Waals surface area contributed by atoms with E-state index in [-0.39, 0.29) is 5.82 Å². The molecule has 0 saturated carbocycles. The molecule has 0 bridgehead atoms. The molecule has 2 heterocycles. The lowest BCUT2D eigenvalue weighted by atomic mass is 10.3. The number of nitrogens with zero attached hydrogens (tertiary/aromatic N) is 2. The van der Waals surface area contributed by atoms with Crippen molar-refractivity contribution in [2.45, 2.75) is 0 Å². The molecule has 6 nitrogen and oxygen atoms in total. The minimum Gasteiger partial charge on any atom is -0.455 e. The van der Waals surface area contributed by atoms with Gasteiger partial charge >= 0.3 is 0 Å². The summed E-state index contributed by atoms with van der Waals surface area (Å²) in [6, 6.07) is 10.9. The van der Waals surface area contributed by atoms with Crippen LogP contribution in [-0.2, 0) is 0 Å². The first-order chi connectivity index (χ1) is 9.24. The second-order valence-corrected chi connectivity index (χ2v) is 3.87. The highest BCUT2D eigenvalue weighted by Crippen LogP contribution is 2.25. The van der Waals surface area contributed by atoms with Crippen molar-refractivity contribution < 1.29 is 4.74 Å². The Balaban J connectivity index is 2.14. The van der Waals surface area contributed by atoms with Gasteiger partial charge in [-0.2, -0.15) is 0 Å². The first-order valence-electron chi connectivity index (χ1n) is 5.61. The number of rotatable bonds is 2. The number of nitrogens with one attached hydrogen (secondary N) is 1. The number of ether oxygens (including phenoxy) is 1. The molecule has 2 aromatic heterocycles. The third-order valence-corrected chi connectivity index (χ3v) is 2.56. The van der Waals surface area contributed by atoms with Gasteiger partial charge in [0.15, 0.2) is 17.2 Å². The van der Waals surface area contributed by atoms with Crippen molar-refractivity contribution in [1.29, 1.82) is 0 Å². The van der Waals surface area contributed by atoms with Crippen molar-refractivity contribution in [3.63, 3.8) is 0 Å². The number of benzene rings is 1. The van der Waals surface area contributed by atoms with Crippen LogP contribution in [0.3, 0.4) is 0 Å². The van der Waals surface area contributed by atoms with Crippen LogP contribution in [0.25, 0.3) is 11.2 Å². The summed E-state index contributed by atoms with van der Waals surface area (Å²) in [5.41, 5.74) is 5.75. The zero-order chi connectivity index (χ0) is 13.2. The molecule has 3 aromatic rings. The lowest BCUT2D eigenvalue weighted by Gasteiger charge is -2.07. The van der Waals surface area contributed by atoms with Gasteiger partial charge in [-0.1, -0.05) is 18.2 Å². The van der Waals surface area contributed by atoms with Gasteiger partial charge in [0.05, 0.1) is 0 Å². The maximum Gasteiger partial charge on any atom is 0.291 e. The number of nitrogen functional groups attached to an aromatic ring is 1. The van der Waals surface area contributed by atoms with Gasteiger partial charge in [-0.3, -0.25) is 4.79 Å². The highest BCUT2D eigenvalue weighted by Gasteiger charge is 2.08. The predicted molar refractivity (Wildman–Crippen MR) is 71.1 cm³/mol. The summed E-state index contributed by atoms with van der Waals surface area (Å²) in [5.74, 6) is 1.02. The molecule has 0 atom stereocenters. The number of pyridine rings is 1. The molecule has 3 rings (SSSR count).